The van der Waals surface area contributed by atoms with Crippen LogP contribution in [0.25, 0.3) is 0 Å². The molecule has 0 fully saturated rings. The Morgan fingerprint density at radius 2 is 1.82 bits per heavy atom. The summed E-state index contributed by atoms with van der Waals surface area (Å²) < 4.78 is 5.02. The number of benzene rings is 1. The Balaban J connectivity index is 2.79. The van der Waals surface area contributed by atoms with Crippen LogP contribution in [0, 0.1) is 0 Å². The summed E-state index contributed by atoms with van der Waals surface area (Å²) in [6.07, 6.45) is -0.704. The Morgan fingerprint density at radius 3 is 2.29 bits per heavy atom. The van der Waals surface area contributed by atoms with Crippen LogP contribution in [-0.4, -0.2) is 17.5 Å². The third kappa shape index (κ3) is 4.87. The molecule has 4 nitrogen and oxygen atoms in total. The number of rotatable bonds is 1. The van der Waals surface area contributed by atoms with Crippen LogP contribution in [0.15, 0.2) is 29.3 Å². The van der Waals surface area contributed by atoms with E-state index < -0.39 is 11.7 Å². The van der Waals surface area contributed by atoms with Crippen LogP contribution in [0.4, 0.5) is 4.79 Å². The first kappa shape index (κ1) is 13.5. The molecule has 1 aromatic carbocycles. The van der Waals surface area contributed by atoms with Crippen molar-refractivity contribution in [2.75, 3.05) is 0 Å². The van der Waals surface area contributed by atoms with Crippen molar-refractivity contribution in [3.05, 3.63) is 34.9 Å². The van der Waals surface area contributed by atoms with Gasteiger partial charge in [-0.25, -0.2) is 4.79 Å². The minimum atomic E-state index is -0.704. The molecule has 0 aliphatic heterocycles. The van der Waals surface area contributed by atoms with Crippen LogP contribution in [0.1, 0.15) is 26.3 Å². The van der Waals surface area contributed by atoms with E-state index in [1.54, 1.807) is 45.0 Å². The van der Waals surface area contributed by atoms with E-state index in [1.807, 2.05) is 0 Å². The van der Waals surface area contributed by atoms with Gasteiger partial charge in [0, 0.05) is 10.6 Å². The minimum absolute atomic E-state index is 0.107. The number of amidine groups is 1. The van der Waals surface area contributed by atoms with Gasteiger partial charge in [0.05, 0.1) is 0 Å². The number of carbonyl (C=O) groups is 1. The number of amides is 1. The summed E-state index contributed by atoms with van der Waals surface area (Å²) in [5.41, 5.74) is 5.71. The van der Waals surface area contributed by atoms with Gasteiger partial charge in [-0.05, 0) is 45.0 Å². The number of hydrogen-bond acceptors (Lipinski definition) is 2. The zero-order valence-electron chi connectivity index (χ0n) is 10.0. The number of nitrogens with two attached hydrogens (primary N) is 1. The summed E-state index contributed by atoms with van der Waals surface area (Å²) >= 11 is 5.74. The average Bonchev–Trinajstić information content (AvgIpc) is 2.15. The zero-order valence-corrected chi connectivity index (χ0v) is 10.8. The van der Waals surface area contributed by atoms with Crippen molar-refractivity contribution in [2.24, 2.45) is 10.7 Å². The van der Waals surface area contributed by atoms with Gasteiger partial charge < -0.3 is 10.5 Å². The van der Waals surface area contributed by atoms with Crippen molar-refractivity contribution < 1.29 is 9.53 Å². The Kier molecular flexibility index (Phi) is 4.12. The largest absolute Gasteiger partial charge is 0.442 e. The van der Waals surface area contributed by atoms with Gasteiger partial charge in [-0.15, -0.1) is 0 Å². The van der Waals surface area contributed by atoms with Crippen molar-refractivity contribution in [3.8, 4) is 0 Å². The maximum Gasteiger partial charge on any atom is 0.436 e. The lowest BCUT2D eigenvalue weighted by molar-refractivity contribution is 0.0604. The maximum absolute atomic E-state index is 11.4. The van der Waals surface area contributed by atoms with E-state index in [2.05, 4.69) is 4.99 Å². The topological polar surface area (TPSA) is 64.7 Å². The van der Waals surface area contributed by atoms with Crippen LogP contribution in [0.3, 0.4) is 0 Å². The number of nitrogens with zero attached hydrogens (tertiary/aromatic N) is 1. The molecule has 2 N–H and O–H groups in total. The lowest BCUT2D eigenvalue weighted by Gasteiger charge is -2.17. The molecule has 0 radical (unpaired) electrons. The van der Waals surface area contributed by atoms with E-state index in [-0.39, 0.29) is 5.84 Å². The van der Waals surface area contributed by atoms with Crippen LogP contribution in [-0.2, 0) is 4.74 Å². The second-order valence-corrected chi connectivity index (χ2v) is 4.92. The first-order chi connectivity index (χ1) is 7.78. The van der Waals surface area contributed by atoms with E-state index in [4.69, 9.17) is 22.1 Å². The Morgan fingerprint density at radius 1 is 1.29 bits per heavy atom. The molecule has 0 aliphatic carbocycles. The lowest BCUT2D eigenvalue weighted by atomic mass is 10.2. The maximum atomic E-state index is 11.4. The van der Waals surface area contributed by atoms with Gasteiger partial charge in [-0.1, -0.05) is 11.6 Å². The predicted molar refractivity (Wildman–Crippen MR) is 68.4 cm³/mol. The second-order valence-electron chi connectivity index (χ2n) is 4.48. The molecule has 17 heavy (non-hydrogen) atoms. The molecule has 1 rings (SSSR count). The van der Waals surface area contributed by atoms with Gasteiger partial charge in [0.15, 0.2) is 0 Å². The fourth-order valence-corrected chi connectivity index (χ4v) is 1.19. The first-order valence-corrected chi connectivity index (χ1v) is 5.49. The molecule has 0 spiro atoms. The number of ether oxygens (including phenoxy) is 1. The van der Waals surface area contributed by atoms with Crippen LogP contribution in [0.2, 0.25) is 5.02 Å². The number of aliphatic imine (C=N–C) groups is 1. The van der Waals surface area contributed by atoms with Crippen molar-refractivity contribution in [2.45, 2.75) is 26.4 Å². The van der Waals surface area contributed by atoms with Crippen molar-refractivity contribution >= 4 is 23.5 Å². The minimum Gasteiger partial charge on any atom is -0.442 e. The van der Waals surface area contributed by atoms with Gasteiger partial charge in [0.2, 0.25) is 0 Å². The molecule has 0 atom stereocenters. The van der Waals surface area contributed by atoms with Gasteiger partial charge in [-0.3, -0.25) is 0 Å². The van der Waals surface area contributed by atoms with Gasteiger partial charge in [-0.2, -0.15) is 4.99 Å². The third-order valence-corrected chi connectivity index (χ3v) is 2.00. The van der Waals surface area contributed by atoms with E-state index in [0.29, 0.717) is 10.6 Å². The summed E-state index contributed by atoms with van der Waals surface area (Å²) in [6.45, 7) is 5.29. The quantitative estimate of drug-likeness (QED) is 0.619. The molecule has 92 valence electrons. The number of hydrogen-bond donors (Lipinski definition) is 1. The summed E-state index contributed by atoms with van der Waals surface area (Å²) in [6, 6.07) is 6.72. The molecular formula is C12H15ClN2O2. The lowest BCUT2D eigenvalue weighted by Crippen LogP contribution is -2.24. The smallest absolute Gasteiger partial charge is 0.436 e. The van der Waals surface area contributed by atoms with Crippen molar-refractivity contribution in [1.29, 1.82) is 0 Å². The third-order valence-electron chi connectivity index (χ3n) is 1.75. The first-order valence-electron chi connectivity index (χ1n) is 5.11. The standard InChI is InChI=1S/C12H15ClN2O2/c1-12(2,3)17-11(16)15-10(14)8-4-6-9(13)7-5-8/h4-7H,1-3H3,(H2,14,15,16). The summed E-state index contributed by atoms with van der Waals surface area (Å²) in [7, 11) is 0. The van der Waals surface area contributed by atoms with Gasteiger partial charge in [0.1, 0.15) is 11.4 Å². The summed E-state index contributed by atoms with van der Waals surface area (Å²) in [4.78, 5) is 15.0. The molecule has 1 amide bonds. The monoisotopic (exact) mass is 254 g/mol. The van der Waals surface area contributed by atoms with E-state index in [1.165, 1.54) is 0 Å². The van der Waals surface area contributed by atoms with E-state index in [9.17, 15) is 4.79 Å². The van der Waals surface area contributed by atoms with E-state index in [0.717, 1.165) is 0 Å². The zero-order chi connectivity index (χ0) is 13.1. The Labute approximate surface area is 105 Å². The van der Waals surface area contributed by atoms with Gasteiger partial charge in [0.25, 0.3) is 0 Å². The normalized spacial score (nSPS) is 12.4. The molecule has 0 saturated carbocycles. The highest BCUT2D eigenvalue weighted by molar-refractivity contribution is 6.30. The molecule has 0 saturated heterocycles. The number of halogens is 1. The molecule has 1 aromatic rings. The van der Waals surface area contributed by atoms with E-state index >= 15 is 0 Å². The molecule has 0 heterocycles. The average molecular weight is 255 g/mol. The van der Waals surface area contributed by atoms with Crippen LogP contribution in [0.5, 0.6) is 0 Å². The summed E-state index contributed by atoms with van der Waals surface area (Å²) in [5.74, 6) is 0.107. The molecule has 0 aliphatic rings. The number of carbonyl (C=O) groups excluding carboxylic acids is 1. The Bertz CT molecular complexity index is 433. The molecule has 0 unspecified atom stereocenters. The molecule has 0 aromatic heterocycles. The molecular weight excluding hydrogens is 240 g/mol. The fraction of sp³-hybridized carbons (Fsp3) is 0.333. The SMILES string of the molecule is CC(C)(C)OC(=O)/N=C(\N)c1ccc(Cl)cc1. The highest BCUT2D eigenvalue weighted by atomic mass is 35.5. The predicted octanol–water partition coefficient (Wildman–Crippen LogP) is 2.98. The highest BCUT2D eigenvalue weighted by Gasteiger charge is 2.16. The highest BCUT2D eigenvalue weighted by Crippen LogP contribution is 2.11. The van der Waals surface area contributed by atoms with Crippen molar-refractivity contribution in [3.63, 3.8) is 0 Å². The second kappa shape index (κ2) is 5.19. The van der Waals surface area contributed by atoms with Crippen LogP contribution < -0.4 is 5.73 Å². The fourth-order valence-electron chi connectivity index (χ4n) is 1.07. The van der Waals surface area contributed by atoms with Gasteiger partial charge >= 0.3 is 6.09 Å². The Hall–Kier alpha value is -1.55. The molecule has 0 bridgehead atoms. The molecule has 5 heteroatoms. The van der Waals surface area contributed by atoms with Crippen LogP contribution >= 0.6 is 11.6 Å². The summed E-state index contributed by atoms with van der Waals surface area (Å²) in [5, 5.41) is 0.596. The van der Waals surface area contributed by atoms with Crippen molar-refractivity contribution in [1.82, 2.24) is 0 Å².